The SMILES string of the molecule is C=C(C)C(=O)OCCCc1cc(-c2ccc(C3CCC(CCCCC)CC3)cc2F)c(CC)cc1OCC(COC(=O)C(=C)C)(COC(=O)C(C)C(=O)OCC)COC(=O)C(C)C(=O)OCC. The standard InChI is InChI=1S/C53H73FO13/c1-11-15-16-18-38-20-22-40(23-21-38)41-24-25-43(45(54)28-41)44-27-42(19-17-26-63-47(55)34(5)6)46(29-39(44)12-2)64-30-53(31-65-48(56)35(7)8,32-66-51(59)36(9)49(57)61-13-3)33-67-52(60)37(10)50(58)62-14-4/h24-25,27-29,36-38,40H,5,7,11-23,26,30-33H2,1-4,6,8-10H3. The van der Waals surface area contributed by atoms with E-state index in [0.29, 0.717) is 47.6 Å². The Morgan fingerprint density at radius 2 is 1.21 bits per heavy atom. The quantitative estimate of drug-likeness (QED) is 0.0260. The number of ether oxygens (including phenoxy) is 7. The lowest BCUT2D eigenvalue weighted by Gasteiger charge is -2.33. The second-order valence-corrected chi connectivity index (χ2v) is 17.8. The Morgan fingerprint density at radius 3 is 1.73 bits per heavy atom. The van der Waals surface area contributed by atoms with Crippen molar-refractivity contribution in [2.24, 2.45) is 23.2 Å². The molecule has 0 aliphatic heterocycles. The largest absolute Gasteiger partial charge is 0.492 e. The van der Waals surface area contributed by atoms with E-state index in [1.165, 1.54) is 46.5 Å². The van der Waals surface area contributed by atoms with Crippen LogP contribution in [0.3, 0.4) is 0 Å². The van der Waals surface area contributed by atoms with E-state index in [1.54, 1.807) is 32.9 Å². The highest BCUT2D eigenvalue weighted by molar-refractivity contribution is 5.95. The van der Waals surface area contributed by atoms with Gasteiger partial charge in [-0.2, -0.15) is 0 Å². The molecule has 1 aliphatic carbocycles. The first-order valence-electron chi connectivity index (χ1n) is 23.8. The Bertz CT molecular complexity index is 1990. The van der Waals surface area contributed by atoms with Gasteiger partial charge in [0.15, 0.2) is 11.8 Å². The first-order valence-corrected chi connectivity index (χ1v) is 23.8. The maximum atomic E-state index is 16.4. The summed E-state index contributed by atoms with van der Waals surface area (Å²) in [5.41, 5.74) is 2.07. The number of esters is 6. The minimum Gasteiger partial charge on any atom is -0.492 e. The summed E-state index contributed by atoms with van der Waals surface area (Å²) in [6.45, 7) is 18.2. The number of carbonyl (C=O) groups is 6. The van der Waals surface area contributed by atoms with Crippen LogP contribution >= 0.6 is 0 Å². The molecule has 0 saturated heterocycles. The van der Waals surface area contributed by atoms with Gasteiger partial charge in [-0.25, -0.2) is 14.0 Å². The summed E-state index contributed by atoms with van der Waals surface area (Å²) in [7, 11) is 0. The number of halogens is 1. The highest BCUT2D eigenvalue weighted by atomic mass is 19.1. The first-order chi connectivity index (χ1) is 31.9. The zero-order valence-electron chi connectivity index (χ0n) is 41.0. The number of hydrogen-bond acceptors (Lipinski definition) is 13. The minimum absolute atomic E-state index is 0.0228. The summed E-state index contributed by atoms with van der Waals surface area (Å²) in [4.78, 5) is 76.6. The lowest BCUT2D eigenvalue weighted by atomic mass is 9.76. The first kappa shape index (κ1) is 55.8. The number of carbonyl (C=O) groups excluding carboxylic acids is 6. The van der Waals surface area contributed by atoms with E-state index in [9.17, 15) is 28.8 Å². The summed E-state index contributed by atoms with van der Waals surface area (Å²) in [5, 5.41) is 0. The van der Waals surface area contributed by atoms with Gasteiger partial charge in [0.25, 0.3) is 0 Å². The van der Waals surface area contributed by atoms with Crippen LogP contribution in [-0.2, 0) is 70.0 Å². The lowest BCUT2D eigenvalue weighted by molar-refractivity contribution is -0.171. The molecule has 0 heterocycles. The second-order valence-electron chi connectivity index (χ2n) is 17.8. The monoisotopic (exact) mass is 937 g/mol. The van der Waals surface area contributed by atoms with Gasteiger partial charge in [-0.15, -0.1) is 0 Å². The van der Waals surface area contributed by atoms with Gasteiger partial charge >= 0.3 is 35.8 Å². The Hall–Kier alpha value is -5.53. The summed E-state index contributed by atoms with van der Waals surface area (Å²) >= 11 is 0. The van der Waals surface area contributed by atoms with Crippen molar-refractivity contribution < 1.29 is 66.3 Å². The Balaban J connectivity index is 2.09. The highest BCUT2D eigenvalue weighted by Gasteiger charge is 2.40. The van der Waals surface area contributed by atoms with E-state index in [1.807, 2.05) is 25.1 Å². The van der Waals surface area contributed by atoms with Gasteiger partial charge in [0.1, 0.15) is 43.4 Å². The van der Waals surface area contributed by atoms with Crippen molar-refractivity contribution >= 4 is 35.8 Å². The van der Waals surface area contributed by atoms with Crippen LogP contribution in [0.15, 0.2) is 54.6 Å². The number of rotatable bonds is 28. The maximum Gasteiger partial charge on any atom is 0.333 e. The van der Waals surface area contributed by atoms with Crippen LogP contribution in [0.1, 0.15) is 136 Å². The van der Waals surface area contributed by atoms with E-state index in [4.69, 9.17) is 33.2 Å². The summed E-state index contributed by atoms with van der Waals surface area (Å²) in [5.74, 6) is -6.59. The third-order valence-corrected chi connectivity index (χ3v) is 12.1. The molecule has 2 aromatic rings. The normalized spacial score (nSPS) is 16.3. The van der Waals surface area contributed by atoms with Crippen LogP contribution < -0.4 is 4.74 Å². The van der Waals surface area contributed by atoms with Crippen LogP contribution in [0, 0.1) is 29.0 Å². The molecule has 13 nitrogen and oxygen atoms in total. The molecule has 14 heteroatoms. The molecule has 1 aliphatic rings. The van der Waals surface area contributed by atoms with Gasteiger partial charge in [-0.05, 0) is 139 Å². The van der Waals surface area contributed by atoms with Gasteiger partial charge in [0.2, 0.25) is 0 Å². The van der Waals surface area contributed by atoms with Crippen LogP contribution in [0.2, 0.25) is 0 Å². The highest BCUT2D eigenvalue weighted by Crippen LogP contribution is 2.40. The molecule has 2 unspecified atom stereocenters. The van der Waals surface area contributed by atoms with Crippen molar-refractivity contribution in [1.82, 2.24) is 0 Å². The fraction of sp³-hybridized carbons (Fsp3) is 0.585. The van der Waals surface area contributed by atoms with Crippen molar-refractivity contribution in [2.75, 3.05) is 46.2 Å². The predicted molar refractivity (Wildman–Crippen MR) is 251 cm³/mol. The number of hydrogen-bond donors (Lipinski definition) is 0. The van der Waals surface area contributed by atoms with E-state index in [0.717, 1.165) is 42.7 Å². The molecule has 67 heavy (non-hydrogen) atoms. The zero-order chi connectivity index (χ0) is 49.7. The maximum absolute atomic E-state index is 16.4. The van der Waals surface area contributed by atoms with E-state index in [2.05, 4.69) is 20.1 Å². The van der Waals surface area contributed by atoms with Crippen LogP contribution in [0.5, 0.6) is 5.75 Å². The van der Waals surface area contributed by atoms with Gasteiger partial charge in [0.05, 0.1) is 19.8 Å². The Kier molecular flexibility index (Phi) is 23.3. The van der Waals surface area contributed by atoms with Crippen LogP contribution in [-0.4, -0.2) is 82.1 Å². The molecule has 2 aromatic carbocycles. The molecule has 1 fully saturated rings. The van der Waals surface area contributed by atoms with Crippen molar-refractivity contribution in [2.45, 2.75) is 132 Å². The fourth-order valence-electron chi connectivity index (χ4n) is 7.81. The average Bonchev–Trinajstić information content (AvgIpc) is 3.31. The van der Waals surface area contributed by atoms with E-state index >= 15 is 4.39 Å². The molecule has 0 aromatic heterocycles. The zero-order valence-corrected chi connectivity index (χ0v) is 41.0. The summed E-state index contributed by atoms with van der Waals surface area (Å²) in [6, 6.07) is 9.15. The van der Waals surface area contributed by atoms with Crippen molar-refractivity contribution in [1.29, 1.82) is 0 Å². The third kappa shape index (κ3) is 17.3. The molecule has 3 rings (SSSR count). The third-order valence-electron chi connectivity index (χ3n) is 12.1. The number of unbranched alkanes of at least 4 members (excludes halogenated alkanes) is 2. The average molecular weight is 937 g/mol. The van der Waals surface area contributed by atoms with E-state index < -0.39 is 79.5 Å². The van der Waals surface area contributed by atoms with Crippen LogP contribution in [0.4, 0.5) is 4.39 Å². The van der Waals surface area contributed by atoms with Crippen LogP contribution in [0.25, 0.3) is 11.1 Å². The fourth-order valence-corrected chi connectivity index (χ4v) is 7.81. The lowest BCUT2D eigenvalue weighted by Crippen LogP contribution is -2.45. The summed E-state index contributed by atoms with van der Waals surface area (Å²) < 4.78 is 55.3. The van der Waals surface area contributed by atoms with Crippen molar-refractivity contribution in [3.8, 4) is 16.9 Å². The minimum atomic E-state index is -1.64. The number of aryl methyl sites for hydroxylation is 2. The van der Waals surface area contributed by atoms with Gasteiger partial charge in [-0.3, -0.25) is 19.2 Å². The molecule has 0 spiro atoms. The molecule has 1 saturated carbocycles. The Labute approximate surface area is 396 Å². The molecule has 0 amide bonds. The van der Waals surface area contributed by atoms with Gasteiger partial charge < -0.3 is 33.2 Å². The van der Waals surface area contributed by atoms with Crippen molar-refractivity contribution in [3.63, 3.8) is 0 Å². The molecule has 2 atom stereocenters. The Morgan fingerprint density at radius 1 is 0.657 bits per heavy atom. The molecule has 0 N–H and O–H groups in total. The topological polar surface area (TPSA) is 167 Å². The smallest absolute Gasteiger partial charge is 0.333 e. The van der Waals surface area contributed by atoms with Gasteiger partial charge in [-0.1, -0.05) is 64.8 Å². The summed E-state index contributed by atoms with van der Waals surface area (Å²) in [6.07, 6.45) is 10.4. The molecule has 370 valence electrons. The number of benzene rings is 2. The van der Waals surface area contributed by atoms with Gasteiger partial charge in [0, 0.05) is 16.7 Å². The molecular formula is C53H73FO13. The second kappa shape index (κ2) is 28.0. The van der Waals surface area contributed by atoms with E-state index in [-0.39, 0.29) is 36.8 Å². The molecular weight excluding hydrogens is 864 g/mol. The molecule has 0 bridgehead atoms. The predicted octanol–water partition coefficient (Wildman–Crippen LogP) is 9.93. The molecule has 0 radical (unpaired) electrons. The van der Waals surface area contributed by atoms with Crippen molar-refractivity contribution in [3.05, 3.63) is 77.1 Å².